The van der Waals surface area contributed by atoms with Crippen molar-refractivity contribution >= 4 is 9.84 Å². The Morgan fingerprint density at radius 3 is 1.90 bits per heavy atom. The van der Waals surface area contributed by atoms with Crippen molar-refractivity contribution in [2.75, 3.05) is 6.61 Å². The van der Waals surface area contributed by atoms with Gasteiger partial charge in [0, 0.05) is 6.08 Å². The molecule has 0 bridgehead atoms. The summed E-state index contributed by atoms with van der Waals surface area (Å²) in [4.78, 5) is 0.189. The fourth-order valence-electron chi connectivity index (χ4n) is 3.28. The summed E-state index contributed by atoms with van der Waals surface area (Å²) in [6, 6.07) is 27.8. The van der Waals surface area contributed by atoms with E-state index in [9.17, 15) is 8.42 Å². The van der Waals surface area contributed by atoms with Gasteiger partial charge in [-0.25, -0.2) is 8.42 Å². The highest BCUT2D eigenvalue weighted by Crippen LogP contribution is 2.30. The van der Waals surface area contributed by atoms with Crippen molar-refractivity contribution < 1.29 is 22.6 Å². The minimum atomic E-state index is -3.76. The molecular weight excluding hydrogens is 412 g/mol. The van der Waals surface area contributed by atoms with Gasteiger partial charge >= 0.3 is 0 Å². The second kappa shape index (κ2) is 9.92. The van der Waals surface area contributed by atoms with Crippen molar-refractivity contribution in [2.45, 2.75) is 30.3 Å². The molecule has 0 saturated heterocycles. The molecule has 4 rings (SSSR count). The quantitative estimate of drug-likeness (QED) is 0.494. The molecule has 0 aromatic heterocycles. The standard InChI is InChI=1S/C25H24O5S/c26-31(27,22-14-8-3-9-15-22)25-16-23(29-18-21-12-6-2-7-13-21)24(30-25)19-28-17-20-10-4-1-5-11-20/h1-16,23-24H,17-19H2/t23-,24+/m0/s1. The highest BCUT2D eigenvalue weighted by atomic mass is 32.2. The van der Waals surface area contributed by atoms with Crippen LogP contribution in [0.5, 0.6) is 0 Å². The van der Waals surface area contributed by atoms with Crippen LogP contribution >= 0.6 is 0 Å². The third-order valence-corrected chi connectivity index (χ3v) is 6.59. The predicted octanol–water partition coefficient (Wildman–Crippen LogP) is 4.50. The first kappa shape index (κ1) is 21.3. The lowest BCUT2D eigenvalue weighted by Gasteiger charge is -2.20. The van der Waals surface area contributed by atoms with Crippen LogP contribution in [0.25, 0.3) is 0 Å². The summed E-state index contributed by atoms with van der Waals surface area (Å²) in [5, 5.41) is -0.0925. The van der Waals surface area contributed by atoms with Gasteiger partial charge in [-0.15, -0.1) is 0 Å². The van der Waals surface area contributed by atoms with Crippen LogP contribution in [0.1, 0.15) is 11.1 Å². The lowest BCUT2D eigenvalue weighted by Crippen LogP contribution is -2.30. The fourth-order valence-corrected chi connectivity index (χ4v) is 4.60. The Kier molecular flexibility index (Phi) is 6.82. The molecule has 0 saturated carbocycles. The molecule has 3 aromatic rings. The Morgan fingerprint density at radius 2 is 1.29 bits per heavy atom. The van der Waals surface area contributed by atoms with Crippen molar-refractivity contribution in [3.8, 4) is 0 Å². The molecule has 0 amide bonds. The first-order valence-electron chi connectivity index (χ1n) is 10.1. The minimum absolute atomic E-state index is 0.0925. The number of rotatable bonds is 9. The topological polar surface area (TPSA) is 61.8 Å². The van der Waals surface area contributed by atoms with Crippen LogP contribution in [-0.4, -0.2) is 27.2 Å². The Labute approximate surface area is 182 Å². The van der Waals surface area contributed by atoms with Gasteiger partial charge < -0.3 is 14.2 Å². The molecule has 3 aromatic carbocycles. The Hall–Kier alpha value is -2.93. The molecule has 0 aliphatic carbocycles. The summed E-state index contributed by atoms with van der Waals surface area (Å²) in [6.45, 7) is 0.963. The fraction of sp³-hybridized carbons (Fsp3) is 0.200. The van der Waals surface area contributed by atoms with E-state index in [2.05, 4.69) is 0 Å². The SMILES string of the molecule is O=S(=O)(C1=C[C@H](OCc2ccccc2)[C@@H](COCc2ccccc2)O1)c1ccccc1. The van der Waals surface area contributed by atoms with E-state index >= 15 is 0 Å². The highest BCUT2D eigenvalue weighted by Gasteiger charge is 2.37. The van der Waals surface area contributed by atoms with Crippen LogP contribution in [-0.2, 0) is 37.3 Å². The first-order valence-corrected chi connectivity index (χ1v) is 11.6. The van der Waals surface area contributed by atoms with Crippen molar-refractivity contribution in [1.82, 2.24) is 0 Å². The zero-order valence-electron chi connectivity index (χ0n) is 17.0. The van der Waals surface area contributed by atoms with Crippen LogP contribution in [0, 0.1) is 0 Å². The maximum Gasteiger partial charge on any atom is 0.238 e. The van der Waals surface area contributed by atoms with Crippen LogP contribution in [0.15, 0.2) is 107 Å². The average molecular weight is 437 g/mol. The van der Waals surface area contributed by atoms with E-state index in [1.807, 2.05) is 60.7 Å². The molecule has 0 radical (unpaired) electrons. The maximum atomic E-state index is 13.0. The van der Waals surface area contributed by atoms with Gasteiger partial charge in [-0.1, -0.05) is 78.9 Å². The Balaban J connectivity index is 1.47. The van der Waals surface area contributed by atoms with Crippen LogP contribution in [0.4, 0.5) is 0 Å². The van der Waals surface area contributed by atoms with Crippen LogP contribution < -0.4 is 0 Å². The molecule has 0 N–H and O–H groups in total. The normalized spacial score (nSPS) is 18.4. The second-order valence-electron chi connectivity index (χ2n) is 7.22. The van der Waals surface area contributed by atoms with Gasteiger partial charge in [0.05, 0.1) is 24.7 Å². The first-order chi connectivity index (χ1) is 15.1. The van der Waals surface area contributed by atoms with Gasteiger partial charge in [0.15, 0.2) is 6.10 Å². The van der Waals surface area contributed by atoms with Crippen LogP contribution in [0.3, 0.4) is 0 Å². The summed E-state index contributed by atoms with van der Waals surface area (Å²) in [5.74, 6) is 0. The average Bonchev–Trinajstić information content (AvgIpc) is 3.23. The Bertz CT molecular complexity index is 1100. The van der Waals surface area contributed by atoms with Gasteiger partial charge in [-0.05, 0) is 23.3 Å². The molecule has 6 heteroatoms. The van der Waals surface area contributed by atoms with Gasteiger partial charge in [0.25, 0.3) is 0 Å². The van der Waals surface area contributed by atoms with Crippen LogP contribution in [0.2, 0.25) is 0 Å². The summed E-state index contributed by atoms with van der Waals surface area (Å²) >= 11 is 0. The lowest BCUT2D eigenvalue weighted by molar-refractivity contribution is -0.0507. The molecule has 1 heterocycles. The largest absolute Gasteiger partial charge is 0.474 e. The third-order valence-electron chi connectivity index (χ3n) is 4.93. The lowest BCUT2D eigenvalue weighted by atomic mass is 10.2. The molecule has 2 atom stereocenters. The summed E-state index contributed by atoms with van der Waals surface area (Å²) in [7, 11) is -3.76. The van der Waals surface area contributed by atoms with Gasteiger partial charge in [-0.2, -0.15) is 0 Å². The van der Waals surface area contributed by atoms with E-state index in [-0.39, 0.29) is 16.6 Å². The van der Waals surface area contributed by atoms with E-state index < -0.39 is 22.0 Å². The van der Waals surface area contributed by atoms with E-state index in [1.165, 1.54) is 0 Å². The summed E-state index contributed by atoms with van der Waals surface area (Å²) in [6.07, 6.45) is 0.451. The number of benzene rings is 3. The van der Waals surface area contributed by atoms with Crippen molar-refractivity contribution in [2.24, 2.45) is 0 Å². The molecule has 0 fully saturated rings. The molecule has 1 aliphatic heterocycles. The molecule has 160 valence electrons. The molecule has 0 spiro atoms. The summed E-state index contributed by atoms with van der Waals surface area (Å²) < 4.78 is 43.7. The highest BCUT2D eigenvalue weighted by molar-refractivity contribution is 7.95. The number of hydrogen-bond donors (Lipinski definition) is 0. The second-order valence-corrected chi connectivity index (χ2v) is 9.10. The smallest absolute Gasteiger partial charge is 0.238 e. The molecule has 5 nitrogen and oxygen atoms in total. The van der Waals surface area contributed by atoms with E-state index in [4.69, 9.17) is 14.2 Å². The molecular formula is C25H24O5S. The van der Waals surface area contributed by atoms with E-state index in [1.54, 1.807) is 36.4 Å². The summed E-state index contributed by atoms with van der Waals surface area (Å²) in [5.41, 5.74) is 2.03. The van der Waals surface area contributed by atoms with Gasteiger partial charge in [-0.3, -0.25) is 0 Å². The zero-order chi connectivity index (χ0) is 21.5. The maximum absolute atomic E-state index is 13.0. The molecule has 31 heavy (non-hydrogen) atoms. The number of hydrogen-bond acceptors (Lipinski definition) is 5. The van der Waals surface area contributed by atoms with Crippen molar-refractivity contribution in [1.29, 1.82) is 0 Å². The zero-order valence-corrected chi connectivity index (χ0v) is 17.8. The molecule has 1 aliphatic rings. The Morgan fingerprint density at radius 1 is 0.742 bits per heavy atom. The third kappa shape index (κ3) is 5.41. The minimum Gasteiger partial charge on any atom is -0.474 e. The van der Waals surface area contributed by atoms with Gasteiger partial charge in [0.2, 0.25) is 14.9 Å². The van der Waals surface area contributed by atoms with Crippen molar-refractivity contribution in [3.05, 3.63) is 113 Å². The molecule has 0 unspecified atom stereocenters. The van der Waals surface area contributed by atoms with E-state index in [0.717, 1.165) is 11.1 Å². The predicted molar refractivity (Wildman–Crippen MR) is 118 cm³/mol. The van der Waals surface area contributed by atoms with Crippen molar-refractivity contribution in [3.63, 3.8) is 0 Å². The van der Waals surface area contributed by atoms with Gasteiger partial charge in [0.1, 0.15) is 6.10 Å². The number of sulfone groups is 1. The monoisotopic (exact) mass is 436 g/mol. The van der Waals surface area contributed by atoms with E-state index in [0.29, 0.717) is 13.2 Å². The number of ether oxygens (including phenoxy) is 3.